The van der Waals surface area contributed by atoms with Crippen molar-refractivity contribution in [1.29, 1.82) is 0 Å². The van der Waals surface area contributed by atoms with Gasteiger partial charge >= 0.3 is 0 Å². The van der Waals surface area contributed by atoms with Crippen molar-refractivity contribution >= 4 is 11.6 Å². The van der Waals surface area contributed by atoms with Gasteiger partial charge in [0, 0.05) is 11.1 Å². The number of aryl methyl sites for hydroxylation is 1. The lowest BCUT2D eigenvalue weighted by molar-refractivity contribution is 0.314. The lowest BCUT2D eigenvalue weighted by atomic mass is 9.83. The highest BCUT2D eigenvalue weighted by atomic mass is 19.2. The number of benzene rings is 3. The minimum absolute atomic E-state index is 0.0860. The van der Waals surface area contributed by atoms with Crippen LogP contribution in [0.4, 0.5) is 17.6 Å². The summed E-state index contributed by atoms with van der Waals surface area (Å²) in [7, 11) is 0. The van der Waals surface area contributed by atoms with Gasteiger partial charge in [0.2, 0.25) is 5.82 Å². The van der Waals surface area contributed by atoms with E-state index in [4.69, 9.17) is 4.74 Å². The molecule has 0 aliphatic heterocycles. The molecule has 0 fully saturated rings. The topological polar surface area (TPSA) is 9.23 Å². The Hall–Kier alpha value is -3.34. The van der Waals surface area contributed by atoms with Crippen molar-refractivity contribution in [3.63, 3.8) is 0 Å². The van der Waals surface area contributed by atoms with Gasteiger partial charge in [-0.25, -0.2) is 13.2 Å². The normalized spacial score (nSPS) is 15.6. The largest absolute Gasteiger partial charge is 0.491 e. The Morgan fingerprint density at radius 1 is 0.886 bits per heavy atom. The Labute approximate surface area is 203 Å². The van der Waals surface area contributed by atoms with Gasteiger partial charge in [0.1, 0.15) is 0 Å². The van der Waals surface area contributed by atoms with Crippen LogP contribution in [-0.2, 0) is 6.42 Å². The van der Waals surface area contributed by atoms with E-state index in [1.54, 1.807) is 43.3 Å². The van der Waals surface area contributed by atoms with E-state index in [0.29, 0.717) is 36.8 Å². The van der Waals surface area contributed by atoms with E-state index in [-0.39, 0.29) is 29.4 Å². The van der Waals surface area contributed by atoms with Crippen molar-refractivity contribution in [2.75, 3.05) is 6.61 Å². The molecule has 0 saturated heterocycles. The molecule has 4 rings (SSSR count). The SMILES string of the molecule is C=Cc1ccc(-c2ccc(CCC3CC=C(c4ccc(OCC)c(F)c4F)CC3)c(F)c2F)cc1. The molecule has 0 saturated carbocycles. The summed E-state index contributed by atoms with van der Waals surface area (Å²) in [6.07, 6.45) is 6.79. The second kappa shape index (κ2) is 10.9. The molecule has 0 aromatic heterocycles. The van der Waals surface area contributed by atoms with Crippen LogP contribution in [-0.4, -0.2) is 6.61 Å². The molecule has 5 heteroatoms. The smallest absolute Gasteiger partial charge is 0.201 e. The van der Waals surface area contributed by atoms with Crippen LogP contribution < -0.4 is 4.74 Å². The molecule has 1 aliphatic carbocycles. The molecule has 182 valence electrons. The molecular weight excluding hydrogens is 452 g/mol. The van der Waals surface area contributed by atoms with Crippen molar-refractivity contribution in [2.24, 2.45) is 5.92 Å². The van der Waals surface area contributed by atoms with Crippen molar-refractivity contribution in [1.82, 2.24) is 0 Å². The number of halogens is 4. The molecule has 0 spiro atoms. The molecule has 1 nitrogen and oxygen atoms in total. The van der Waals surface area contributed by atoms with E-state index >= 15 is 0 Å². The van der Waals surface area contributed by atoms with Crippen molar-refractivity contribution in [2.45, 2.75) is 39.0 Å². The zero-order chi connectivity index (χ0) is 24.9. The first kappa shape index (κ1) is 24.8. The van der Waals surface area contributed by atoms with Gasteiger partial charge in [-0.05, 0) is 79.3 Å². The zero-order valence-corrected chi connectivity index (χ0v) is 19.7. The lowest BCUT2D eigenvalue weighted by Gasteiger charge is -2.23. The third-order valence-corrected chi connectivity index (χ3v) is 6.65. The van der Waals surface area contributed by atoms with Crippen LogP contribution in [0.2, 0.25) is 0 Å². The quantitative estimate of drug-likeness (QED) is 0.293. The summed E-state index contributed by atoms with van der Waals surface area (Å²) in [6, 6.07) is 13.4. The molecule has 0 radical (unpaired) electrons. The third-order valence-electron chi connectivity index (χ3n) is 6.65. The van der Waals surface area contributed by atoms with Crippen molar-refractivity contribution in [3.05, 3.63) is 101 Å². The van der Waals surface area contributed by atoms with Gasteiger partial charge < -0.3 is 4.74 Å². The molecule has 0 bridgehead atoms. The predicted octanol–water partition coefficient (Wildman–Crippen LogP) is 8.77. The van der Waals surface area contributed by atoms with E-state index in [9.17, 15) is 17.6 Å². The van der Waals surface area contributed by atoms with Crippen LogP contribution in [0.5, 0.6) is 5.75 Å². The fourth-order valence-corrected chi connectivity index (χ4v) is 4.61. The molecule has 1 aliphatic rings. The zero-order valence-electron chi connectivity index (χ0n) is 19.7. The molecular formula is C30H28F4O. The minimum Gasteiger partial charge on any atom is -0.491 e. The molecule has 35 heavy (non-hydrogen) atoms. The fraction of sp³-hybridized carbons (Fsp3) is 0.267. The van der Waals surface area contributed by atoms with Crippen LogP contribution >= 0.6 is 0 Å². The average molecular weight is 481 g/mol. The first-order chi connectivity index (χ1) is 16.9. The standard InChI is InChI=1S/C30H28F4O/c1-3-19-5-10-21(11-6-19)24-16-15-23(27(31)28(24)32)14-9-20-7-12-22(13-8-20)25-17-18-26(35-4-2)30(34)29(25)33/h3,5-6,10-12,15-18,20H,1,4,7-9,13-14H2,2H3. The maximum atomic E-state index is 14.8. The first-order valence-electron chi connectivity index (χ1n) is 11.9. The van der Waals surface area contributed by atoms with Gasteiger partial charge in [-0.2, -0.15) is 4.39 Å². The van der Waals surface area contributed by atoms with Gasteiger partial charge in [-0.1, -0.05) is 55.1 Å². The van der Waals surface area contributed by atoms with Crippen LogP contribution in [0.15, 0.2) is 61.2 Å². The van der Waals surface area contributed by atoms with Crippen LogP contribution in [0.3, 0.4) is 0 Å². The van der Waals surface area contributed by atoms with Gasteiger partial charge in [0.25, 0.3) is 0 Å². The first-order valence-corrected chi connectivity index (χ1v) is 11.9. The molecule has 0 N–H and O–H groups in total. The number of rotatable bonds is 8. The van der Waals surface area contributed by atoms with Crippen LogP contribution in [0.1, 0.15) is 49.3 Å². The van der Waals surface area contributed by atoms with E-state index in [1.807, 2.05) is 18.2 Å². The summed E-state index contributed by atoms with van der Waals surface area (Å²) < 4.78 is 63.5. The third kappa shape index (κ3) is 5.34. The Balaban J connectivity index is 1.41. The second-order valence-electron chi connectivity index (χ2n) is 8.81. The van der Waals surface area contributed by atoms with Crippen LogP contribution in [0, 0.1) is 29.2 Å². The molecule has 0 amide bonds. The predicted molar refractivity (Wildman–Crippen MR) is 133 cm³/mol. The van der Waals surface area contributed by atoms with E-state index in [2.05, 4.69) is 6.58 Å². The number of hydrogen-bond acceptors (Lipinski definition) is 1. The number of allylic oxidation sites excluding steroid dienone is 2. The molecule has 1 unspecified atom stereocenters. The molecule has 3 aromatic rings. The minimum atomic E-state index is -0.968. The summed E-state index contributed by atoms with van der Waals surface area (Å²) in [5.41, 5.74) is 3.13. The Morgan fingerprint density at radius 3 is 2.26 bits per heavy atom. The van der Waals surface area contributed by atoms with Crippen molar-refractivity contribution < 1.29 is 22.3 Å². The average Bonchev–Trinajstić information content (AvgIpc) is 2.88. The summed E-state index contributed by atoms with van der Waals surface area (Å²) in [5, 5.41) is 0. The van der Waals surface area contributed by atoms with E-state index in [0.717, 1.165) is 17.6 Å². The summed E-state index contributed by atoms with van der Waals surface area (Å²) >= 11 is 0. The van der Waals surface area contributed by atoms with Gasteiger partial charge in [0.15, 0.2) is 23.2 Å². The lowest BCUT2D eigenvalue weighted by Crippen LogP contribution is -2.09. The number of ether oxygens (including phenoxy) is 1. The van der Waals surface area contributed by atoms with Crippen molar-refractivity contribution in [3.8, 4) is 16.9 Å². The second-order valence-corrected chi connectivity index (χ2v) is 8.81. The Bertz CT molecular complexity index is 1240. The van der Waals surface area contributed by atoms with Crippen LogP contribution in [0.25, 0.3) is 22.8 Å². The van der Waals surface area contributed by atoms with E-state index < -0.39 is 23.3 Å². The summed E-state index contributed by atoms with van der Waals surface area (Å²) in [6.45, 7) is 5.67. The Kier molecular flexibility index (Phi) is 7.74. The number of hydrogen-bond donors (Lipinski definition) is 0. The summed E-state index contributed by atoms with van der Waals surface area (Å²) in [5.74, 6) is -3.33. The van der Waals surface area contributed by atoms with Gasteiger partial charge in [-0.15, -0.1) is 0 Å². The molecule has 0 heterocycles. The molecule has 1 atom stereocenters. The summed E-state index contributed by atoms with van der Waals surface area (Å²) in [4.78, 5) is 0. The van der Waals surface area contributed by atoms with Gasteiger partial charge in [0.05, 0.1) is 6.61 Å². The highest BCUT2D eigenvalue weighted by Crippen LogP contribution is 2.36. The highest BCUT2D eigenvalue weighted by Gasteiger charge is 2.22. The molecule has 3 aromatic carbocycles. The maximum Gasteiger partial charge on any atom is 0.201 e. The van der Waals surface area contributed by atoms with E-state index in [1.165, 1.54) is 6.07 Å². The Morgan fingerprint density at radius 2 is 1.60 bits per heavy atom. The fourth-order valence-electron chi connectivity index (χ4n) is 4.61. The monoisotopic (exact) mass is 480 g/mol. The maximum absolute atomic E-state index is 14.8. The highest BCUT2D eigenvalue weighted by molar-refractivity contribution is 5.68. The van der Waals surface area contributed by atoms with Gasteiger partial charge in [-0.3, -0.25) is 0 Å².